The molecule has 1 aromatic carbocycles. The van der Waals surface area contributed by atoms with Crippen LogP contribution < -0.4 is 5.73 Å². The molecule has 4 saturated carbocycles. The molecule has 0 amide bonds. The van der Waals surface area contributed by atoms with Crippen molar-refractivity contribution in [3.8, 4) is 0 Å². The lowest BCUT2D eigenvalue weighted by Gasteiger charge is -2.62. The molecule has 4 aliphatic carbocycles. The lowest BCUT2D eigenvalue weighted by Crippen LogP contribution is -2.59. The van der Waals surface area contributed by atoms with E-state index in [2.05, 4.69) is 12.1 Å². The van der Waals surface area contributed by atoms with Crippen LogP contribution in [0.3, 0.4) is 0 Å². The van der Waals surface area contributed by atoms with Crippen LogP contribution in [0.25, 0.3) is 0 Å². The van der Waals surface area contributed by atoms with E-state index in [0.717, 1.165) is 23.3 Å². The van der Waals surface area contributed by atoms with Crippen molar-refractivity contribution in [2.24, 2.45) is 28.9 Å². The highest BCUT2D eigenvalue weighted by Gasteiger charge is 2.60. The van der Waals surface area contributed by atoms with E-state index in [-0.39, 0.29) is 5.41 Å². The molecule has 3 N–H and O–H groups in total. The zero-order valence-electron chi connectivity index (χ0n) is 12.1. The summed E-state index contributed by atoms with van der Waals surface area (Å²) in [5.41, 5.74) is 6.35. The molecule has 1 unspecified atom stereocenters. The van der Waals surface area contributed by atoms with Crippen LogP contribution in [0, 0.1) is 23.2 Å². The summed E-state index contributed by atoms with van der Waals surface area (Å²) >= 11 is 0. The molecule has 0 radical (unpaired) electrons. The average molecular weight is 271 g/mol. The fraction of sp³-hybridized carbons (Fsp3) is 0.667. The molecule has 1 atom stereocenters. The Morgan fingerprint density at radius 1 is 1.00 bits per heavy atom. The van der Waals surface area contributed by atoms with Crippen LogP contribution in [-0.2, 0) is 5.60 Å². The number of hydrogen-bond donors (Lipinski definition) is 2. The molecule has 108 valence electrons. The van der Waals surface area contributed by atoms with Gasteiger partial charge in [-0.2, -0.15) is 0 Å². The number of aliphatic hydroxyl groups is 1. The second-order valence-corrected chi connectivity index (χ2v) is 7.63. The minimum atomic E-state index is -0.829. The Morgan fingerprint density at radius 2 is 1.50 bits per heavy atom. The van der Waals surface area contributed by atoms with Crippen LogP contribution in [0.5, 0.6) is 0 Å². The Kier molecular flexibility index (Phi) is 2.77. The Balaban J connectivity index is 1.77. The minimum absolute atomic E-state index is 0.0395. The van der Waals surface area contributed by atoms with E-state index >= 15 is 0 Å². The number of rotatable bonds is 3. The summed E-state index contributed by atoms with van der Waals surface area (Å²) in [7, 11) is 0. The zero-order chi connectivity index (χ0) is 13.8. The van der Waals surface area contributed by atoms with Crippen molar-refractivity contribution in [2.45, 2.75) is 44.1 Å². The van der Waals surface area contributed by atoms with E-state index in [1.807, 2.05) is 18.2 Å². The first-order chi connectivity index (χ1) is 9.65. The van der Waals surface area contributed by atoms with E-state index in [1.54, 1.807) is 0 Å². The van der Waals surface area contributed by atoms with Crippen LogP contribution >= 0.6 is 0 Å². The molecule has 0 aliphatic heterocycles. The fourth-order valence-corrected chi connectivity index (χ4v) is 5.97. The van der Waals surface area contributed by atoms with Crippen LogP contribution in [0.2, 0.25) is 0 Å². The smallest absolute Gasteiger partial charge is 0.107 e. The van der Waals surface area contributed by atoms with E-state index in [4.69, 9.17) is 5.73 Å². The molecule has 0 saturated heterocycles. The van der Waals surface area contributed by atoms with Gasteiger partial charge in [0.2, 0.25) is 0 Å². The van der Waals surface area contributed by atoms with Gasteiger partial charge in [-0.1, -0.05) is 30.3 Å². The van der Waals surface area contributed by atoms with Gasteiger partial charge in [-0.25, -0.2) is 0 Å². The molecule has 4 fully saturated rings. The maximum absolute atomic E-state index is 11.5. The topological polar surface area (TPSA) is 46.2 Å². The van der Waals surface area contributed by atoms with Gasteiger partial charge in [-0.3, -0.25) is 0 Å². The maximum atomic E-state index is 11.5. The van der Waals surface area contributed by atoms with Crippen molar-refractivity contribution in [3.63, 3.8) is 0 Å². The summed E-state index contributed by atoms with van der Waals surface area (Å²) in [4.78, 5) is 0. The minimum Gasteiger partial charge on any atom is -0.383 e. The molecular weight excluding hydrogens is 246 g/mol. The van der Waals surface area contributed by atoms with Crippen LogP contribution in [0.4, 0.5) is 0 Å². The predicted octanol–water partition coefficient (Wildman–Crippen LogP) is 3.05. The largest absolute Gasteiger partial charge is 0.383 e. The average Bonchev–Trinajstić information content (AvgIpc) is 2.46. The molecule has 4 aliphatic rings. The lowest BCUT2D eigenvalue weighted by molar-refractivity contribution is -0.180. The van der Waals surface area contributed by atoms with Gasteiger partial charge in [0.1, 0.15) is 5.60 Å². The predicted molar refractivity (Wildman–Crippen MR) is 80.0 cm³/mol. The molecular formula is C18H25NO. The molecule has 0 spiro atoms. The van der Waals surface area contributed by atoms with Crippen molar-refractivity contribution < 1.29 is 5.11 Å². The van der Waals surface area contributed by atoms with Gasteiger partial charge in [-0.15, -0.1) is 0 Å². The van der Waals surface area contributed by atoms with Gasteiger partial charge in [0.05, 0.1) is 0 Å². The number of benzene rings is 1. The third-order valence-corrected chi connectivity index (χ3v) is 6.46. The summed E-state index contributed by atoms with van der Waals surface area (Å²) in [6, 6.07) is 10.2. The summed E-state index contributed by atoms with van der Waals surface area (Å²) in [6.45, 7) is 0.350. The second-order valence-electron chi connectivity index (χ2n) is 7.63. The fourth-order valence-electron chi connectivity index (χ4n) is 5.97. The van der Waals surface area contributed by atoms with Crippen LogP contribution in [-0.4, -0.2) is 11.7 Å². The zero-order valence-corrected chi connectivity index (χ0v) is 12.1. The SMILES string of the molecule is NCC(O)(c1ccccc1)C12CC3CC(CC(C3)C1)C2. The summed E-state index contributed by atoms with van der Waals surface area (Å²) in [5, 5.41) is 11.5. The van der Waals surface area contributed by atoms with Crippen molar-refractivity contribution in [2.75, 3.05) is 6.54 Å². The van der Waals surface area contributed by atoms with Gasteiger partial charge >= 0.3 is 0 Å². The molecule has 2 heteroatoms. The molecule has 0 heterocycles. The first-order valence-corrected chi connectivity index (χ1v) is 8.13. The van der Waals surface area contributed by atoms with Crippen molar-refractivity contribution in [1.29, 1.82) is 0 Å². The number of nitrogens with two attached hydrogens (primary N) is 1. The highest BCUT2D eigenvalue weighted by molar-refractivity contribution is 5.28. The van der Waals surface area contributed by atoms with E-state index in [1.165, 1.54) is 38.5 Å². The van der Waals surface area contributed by atoms with E-state index < -0.39 is 5.60 Å². The highest BCUT2D eigenvalue weighted by Crippen LogP contribution is 2.65. The van der Waals surface area contributed by atoms with Gasteiger partial charge in [0.15, 0.2) is 0 Å². The van der Waals surface area contributed by atoms with Crippen LogP contribution in [0.1, 0.15) is 44.1 Å². The van der Waals surface area contributed by atoms with Crippen molar-refractivity contribution in [1.82, 2.24) is 0 Å². The summed E-state index contributed by atoms with van der Waals surface area (Å²) in [6.07, 6.45) is 7.74. The molecule has 2 nitrogen and oxygen atoms in total. The third-order valence-electron chi connectivity index (χ3n) is 6.46. The first kappa shape index (κ1) is 12.8. The highest BCUT2D eigenvalue weighted by atomic mass is 16.3. The van der Waals surface area contributed by atoms with Crippen molar-refractivity contribution >= 4 is 0 Å². The summed E-state index contributed by atoms with van der Waals surface area (Å²) < 4.78 is 0. The normalized spacial score (nSPS) is 41.6. The quantitative estimate of drug-likeness (QED) is 0.887. The second kappa shape index (κ2) is 4.32. The van der Waals surface area contributed by atoms with Gasteiger partial charge in [-0.05, 0) is 61.8 Å². The van der Waals surface area contributed by atoms with Gasteiger partial charge in [0, 0.05) is 12.0 Å². The first-order valence-electron chi connectivity index (χ1n) is 8.13. The Hall–Kier alpha value is -0.860. The molecule has 5 rings (SSSR count). The maximum Gasteiger partial charge on any atom is 0.107 e. The molecule has 1 aromatic rings. The Morgan fingerprint density at radius 3 is 1.95 bits per heavy atom. The van der Waals surface area contributed by atoms with Crippen LogP contribution in [0.15, 0.2) is 30.3 Å². The van der Waals surface area contributed by atoms with Gasteiger partial charge in [0.25, 0.3) is 0 Å². The van der Waals surface area contributed by atoms with Gasteiger partial charge < -0.3 is 10.8 Å². The van der Waals surface area contributed by atoms with Crippen molar-refractivity contribution in [3.05, 3.63) is 35.9 Å². The Labute approximate surface area is 121 Å². The summed E-state index contributed by atoms with van der Waals surface area (Å²) in [5.74, 6) is 2.51. The monoisotopic (exact) mass is 271 g/mol. The van der Waals surface area contributed by atoms with E-state index in [0.29, 0.717) is 6.54 Å². The standard InChI is InChI=1S/C18H25NO/c19-12-18(20,16-4-2-1-3-5-16)17-9-13-6-14(10-17)8-15(7-13)11-17/h1-5,13-15,20H,6-12,19H2. The lowest BCUT2D eigenvalue weighted by atomic mass is 9.44. The molecule has 20 heavy (non-hydrogen) atoms. The molecule has 0 aromatic heterocycles. The molecule has 4 bridgehead atoms. The number of hydrogen-bond acceptors (Lipinski definition) is 2. The third kappa shape index (κ3) is 1.64. The van der Waals surface area contributed by atoms with E-state index in [9.17, 15) is 5.11 Å². The Bertz CT molecular complexity index is 462.